The van der Waals surface area contributed by atoms with Crippen molar-refractivity contribution in [1.29, 1.82) is 5.26 Å². The lowest BCUT2D eigenvalue weighted by molar-refractivity contribution is -0.118. The van der Waals surface area contributed by atoms with E-state index in [1.54, 1.807) is 33.4 Å². The van der Waals surface area contributed by atoms with E-state index in [0.717, 1.165) is 16.8 Å². The van der Waals surface area contributed by atoms with Gasteiger partial charge in [-0.05, 0) is 42.5 Å². The minimum absolute atomic E-state index is 0.108. The third kappa shape index (κ3) is 5.39. The zero-order valence-electron chi connectivity index (χ0n) is 20.1. The van der Waals surface area contributed by atoms with Gasteiger partial charge in [-0.3, -0.25) is 9.78 Å². The van der Waals surface area contributed by atoms with Crippen molar-refractivity contribution < 1.29 is 19.0 Å². The number of pyridine rings is 1. The molecule has 182 valence electrons. The van der Waals surface area contributed by atoms with E-state index in [1.807, 2.05) is 48.5 Å². The van der Waals surface area contributed by atoms with Crippen LogP contribution in [-0.2, 0) is 4.79 Å². The van der Waals surface area contributed by atoms with Crippen molar-refractivity contribution >= 4 is 33.9 Å². The number of carbonyl (C=O) groups is 1. The Morgan fingerprint density at radius 2 is 1.72 bits per heavy atom. The van der Waals surface area contributed by atoms with Crippen LogP contribution in [0.25, 0.3) is 10.9 Å². The number of nitriles is 1. The van der Waals surface area contributed by atoms with Crippen molar-refractivity contribution in [1.82, 2.24) is 10.3 Å². The summed E-state index contributed by atoms with van der Waals surface area (Å²) in [6, 6.07) is 20.5. The maximum absolute atomic E-state index is 11.5. The predicted molar refractivity (Wildman–Crippen MR) is 138 cm³/mol. The molecule has 4 aromatic rings. The zero-order valence-corrected chi connectivity index (χ0v) is 20.1. The zero-order chi connectivity index (χ0) is 25.5. The molecular formula is C27H25N5O4. The van der Waals surface area contributed by atoms with Gasteiger partial charge in [0.15, 0.2) is 11.5 Å². The third-order valence-electron chi connectivity index (χ3n) is 5.42. The summed E-state index contributed by atoms with van der Waals surface area (Å²) >= 11 is 0. The molecule has 0 aliphatic carbocycles. The van der Waals surface area contributed by atoms with Crippen molar-refractivity contribution in [2.24, 2.45) is 0 Å². The number of fused-ring (bicyclic) bond motifs is 1. The van der Waals surface area contributed by atoms with Crippen molar-refractivity contribution in [3.63, 3.8) is 0 Å². The van der Waals surface area contributed by atoms with E-state index in [2.05, 4.69) is 27.0 Å². The highest BCUT2D eigenvalue weighted by molar-refractivity contribution is 5.97. The Bertz CT molecular complexity index is 1430. The number of methoxy groups -OCH3 is 2. The third-order valence-corrected chi connectivity index (χ3v) is 5.42. The van der Waals surface area contributed by atoms with Gasteiger partial charge in [-0.25, -0.2) is 0 Å². The lowest BCUT2D eigenvalue weighted by atomic mass is 10.1. The molecule has 0 radical (unpaired) electrons. The quantitative estimate of drug-likeness (QED) is 0.310. The fraction of sp³-hybridized carbons (Fsp3) is 0.148. The van der Waals surface area contributed by atoms with E-state index in [0.29, 0.717) is 39.8 Å². The SMILES string of the molecule is CNC(=O)CNc1cccc(Oc2ccc(Nc3c(C#N)cnc4cc(OC)c(OC)cc34)cc2)c1. The number of amides is 1. The fourth-order valence-electron chi connectivity index (χ4n) is 3.57. The molecule has 0 aliphatic rings. The molecule has 0 unspecified atom stereocenters. The number of rotatable bonds is 9. The van der Waals surface area contributed by atoms with E-state index >= 15 is 0 Å². The highest BCUT2D eigenvalue weighted by atomic mass is 16.5. The topological polar surface area (TPSA) is 118 Å². The first-order valence-corrected chi connectivity index (χ1v) is 11.1. The van der Waals surface area contributed by atoms with Crippen molar-refractivity contribution in [2.45, 2.75) is 0 Å². The van der Waals surface area contributed by atoms with Crippen molar-refractivity contribution in [2.75, 3.05) is 38.4 Å². The van der Waals surface area contributed by atoms with Crippen LogP contribution in [0.15, 0.2) is 66.9 Å². The van der Waals surface area contributed by atoms with E-state index < -0.39 is 0 Å². The summed E-state index contributed by atoms with van der Waals surface area (Å²) in [5.74, 6) is 2.26. The van der Waals surface area contributed by atoms with E-state index in [9.17, 15) is 10.1 Å². The number of nitrogens with zero attached hydrogens (tertiary/aromatic N) is 2. The van der Waals surface area contributed by atoms with Gasteiger partial charge in [0.2, 0.25) is 5.91 Å². The molecule has 0 aliphatic heterocycles. The molecule has 0 atom stereocenters. The first-order valence-electron chi connectivity index (χ1n) is 11.1. The van der Waals surface area contributed by atoms with Gasteiger partial charge in [-0.1, -0.05) is 6.07 Å². The number of benzene rings is 3. The molecule has 1 aromatic heterocycles. The summed E-state index contributed by atoms with van der Waals surface area (Å²) in [4.78, 5) is 15.8. The normalized spacial score (nSPS) is 10.3. The second-order valence-electron chi connectivity index (χ2n) is 7.69. The number of nitrogens with one attached hydrogen (secondary N) is 3. The van der Waals surface area contributed by atoms with Gasteiger partial charge in [-0.15, -0.1) is 0 Å². The van der Waals surface area contributed by atoms with E-state index in [-0.39, 0.29) is 12.5 Å². The van der Waals surface area contributed by atoms with Gasteiger partial charge in [0.25, 0.3) is 0 Å². The standard InChI is InChI=1S/C27H25N5O4/c1-29-26(33)16-30-19-5-4-6-21(11-19)36-20-9-7-18(8-10-20)32-27-17(14-28)15-31-23-13-25(35-3)24(34-2)12-22(23)27/h4-13,15,30H,16H2,1-3H3,(H,29,33)(H,31,32). The number of carbonyl (C=O) groups excluding carboxylic acids is 1. The van der Waals surface area contributed by atoms with Crippen LogP contribution < -0.4 is 30.2 Å². The first-order chi connectivity index (χ1) is 17.5. The van der Waals surface area contributed by atoms with Gasteiger partial charge in [0.1, 0.15) is 17.6 Å². The highest BCUT2D eigenvalue weighted by Gasteiger charge is 2.14. The molecule has 1 amide bonds. The number of hydrogen-bond donors (Lipinski definition) is 3. The Kier molecular flexibility index (Phi) is 7.36. The highest BCUT2D eigenvalue weighted by Crippen LogP contribution is 2.37. The van der Waals surface area contributed by atoms with Gasteiger partial charge < -0.3 is 30.2 Å². The number of aromatic nitrogens is 1. The van der Waals surface area contributed by atoms with Gasteiger partial charge >= 0.3 is 0 Å². The summed E-state index contributed by atoms with van der Waals surface area (Å²) in [6.45, 7) is 0.174. The molecule has 36 heavy (non-hydrogen) atoms. The van der Waals surface area contributed by atoms with Crippen LogP contribution in [0.5, 0.6) is 23.0 Å². The predicted octanol–water partition coefficient (Wildman–Crippen LogP) is 4.82. The largest absolute Gasteiger partial charge is 0.493 e. The van der Waals surface area contributed by atoms with Crippen LogP contribution in [0.1, 0.15) is 5.56 Å². The second-order valence-corrected chi connectivity index (χ2v) is 7.69. The van der Waals surface area contributed by atoms with E-state index in [1.165, 1.54) is 6.20 Å². The number of anilines is 3. The molecular weight excluding hydrogens is 458 g/mol. The van der Waals surface area contributed by atoms with Crippen LogP contribution in [-0.4, -0.2) is 38.7 Å². The Balaban J connectivity index is 1.54. The average molecular weight is 484 g/mol. The molecule has 0 saturated carbocycles. The lowest BCUT2D eigenvalue weighted by Crippen LogP contribution is -2.26. The van der Waals surface area contributed by atoms with Gasteiger partial charge in [0.05, 0.1) is 37.5 Å². The Hall–Kier alpha value is -4.97. The molecule has 0 spiro atoms. The molecule has 4 rings (SSSR count). The molecule has 3 N–H and O–H groups in total. The maximum atomic E-state index is 11.5. The van der Waals surface area contributed by atoms with Crippen LogP contribution in [0, 0.1) is 11.3 Å². The number of hydrogen-bond acceptors (Lipinski definition) is 8. The van der Waals surface area contributed by atoms with Crippen molar-refractivity contribution in [3.8, 4) is 29.1 Å². The summed E-state index contributed by atoms with van der Waals surface area (Å²) in [5.41, 5.74) is 3.22. The molecule has 1 heterocycles. The molecule has 0 fully saturated rings. The Morgan fingerprint density at radius 1 is 0.972 bits per heavy atom. The summed E-state index contributed by atoms with van der Waals surface area (Å²) in [7, 11) is 4.72. The average Bonchev–Trinajstić information content (AvgIpc) is 2.92. The Morgan fingerprint density at radius 3 is 2.42 bits per heavy atom. The molecule has 0 saturated heterocycles. The molecule has 9 heteroatoms. The number of ether oxygens (including phenoxy) is 3. The summed E-state index contributed by atoms with van der Waals surface area (Å²) in [5, 5.41) is 19.3. The van der Waals surface area contributed by atoms with Crippen LogP contribution >= 0.6 is 0 Å². The summed E-state index contributed by atoms with van der Waals surface area (Å²) < 4.78 is 16.8. The fourth-order valence-corrected chi connectivity index (χ4v) is 3.57. The Labute approximate surface area is 208 Å². The van der Waals surface area contributed by atoms with Gasteiger partial charge in [0, 0.05) is 42.1 Å². The van der Waals surface area contributed by atoms with Crippen LogP contribution in [0.4, 0.5) is 17.1 Å². The maximum Gasteiger partial charge on any atom is 0.239 e. The molecule has 3 aromatic carbocycles. The first kappa shape index (κ1) is 24.2. The minimum atomic E-state index is -0.108. The van der Waals surface area contributed by atoms with E-state index in [4.69, 9.17) is 14.2 Å². The molecule has 9 nitrogen and oxygen atoms in total. The summed E-state index contributed by atoms with van der Waals surface area (Å²) in [6.07, 6.45) is 1.53. The lowest BCUT2D eigenvalue weighted by Gasteiger charge is -2.15. The number of likely N-dealkylation sites (N-methyl/N-ethyl adjacent to an activating group) is 1. The van der Waals surface area contributed by atoms with Gasteiger partial charge in [-0.2, -0.15) is 5.26 Å². The van der Waals surface area contributed by atoms with Crippen LogP contribution in [0.3, 0.4) is 0 Å². The van der Waals surface area contributed by atoms with Crippen molar-refractivity contribution in [3.05, 3.63) is 72.4 Å². The van der Waals surface area contributed by atoms with Crippen LogP contribution in [0.2, 0.25) is 0 Å². The monoisotopic (exact) mass is 483 g/mol. The minimum Gasteiger partial charge on any atom is -0.493 e. The molecule has 0 bridgehead atoms. The smallest absolute Gasteiger partial charge is 0.239 e. The second kappa shape index (κ2) is 11.0.